The van der Waals surface area contributed by atoms with E-state index in [2.05, 4.69) is 10.5 Å². The molecule has 0 heterocycles. The molecule has 0 saturated carbocycles. The van der Waals surface area contributed by atoms with Gasteiger partial charge in [-0.1, -0.05) is 42.0 Å². The number of aryl methyl sites for hydroxylation is 1. The van der Waals surface area contributed by atoms with E-state index in [0.29, 0.717) is 0 Å². The van der Waals surface area contributed by atoms with Crippen molar-refractivity contribution in [1.29, 1.82) is 0 Å². The SMILES string of the molecule is Cc1cccc(/C=N/Nc2ccccc2C(F)(F)F)c1. The highest BCUT2D eigenvalue weighted by Gasteiger charge is 2.33. The molecule has 104 valence electrons. The first kappa shape index (κ1) is 14.1. The molecule has 0 aliphatic heterocycles. The van der Waals surface area contributed by atoms with E-state index in [9.17, 15) is 13.2 Å². The number of hydrazone groups is 1. The van der Waals surface area contributed by atoms with Crippen LogP contribution in [-0.4, -0.2) is 6.21 Å². The van der Waals surface area contributed by atoms with Gasteiger partial charge in [0.2, 0.25) is 0 Å². The highest BCUT2D eigenvalue weighted by molar-refractivity contribution is 5.80. The smallest absolute Gasteiger partial charge is 0.278 e. The lowest BCUT2D eigenvalue weighted by atomic mass is 10.1. The molecule has 0 fully saturated rings. The Kier molecular flexibility index (Phi) is 4.08. The molecule has 0 aliphatic rings. The molecule has 5 heteroatoms. The van der Waals surface area contributed by atoms with Gasteiger partial charge in [-0.3, -0.25) is 5.43 Å². The zero-order valence-corrected chi connectivity index (χ0v) is 10.8. The molecule has 2 aromatic rings. The summed E-state index contributed by atoms with van der Waals surface area (Å²) in [6.45, 7) is 1.93. The lowest BCUT2D eigenvalue weighted by Gasteiger charge is -2.11. The predicted octanol–water partition coefficient (Wildman–Crippen LogP) is 4.46. The van der Waals surface area contributed by atoms with Crippen LogP contribution < -0.4 is 5.43 Å². The van der Waals surface area contributed by atoms with Crippen molar-refractivity contribution in [1.82, 2.24) is 0 Å². The van der Waals surface area contributed by atoms with E-state index >= 15 is 0 Å². The minimum Gasteiger partial charge on any atom is -0.278 e. The van der Waals surface area contributed by atoms with Gasteiger partial charge in [-0.2, -0.15) is 18.3 Å². The van der Waals surface area contributed by atoms with Crippen LogP contribution in [0.25, 0.3) is 0 Å². The second-order valence-corrected chi connectivity index (χ2v) is 4.33. The molecular formula is C15H13F3N2. The summed E-state index contributed by atoms with van der Waals surface area (Å²) >= 11 is 0. The van der Waals surface area contributed by atoms with Crippen molar-refractivity contribution in [2.24, 2.45) is 5.10 Å². The third-order valence-electron chi connectivity index (χ3n) is 2.67. The summed E-state index contributed by atoms with van der Waals surface area (Å²) in [5.41, 5.74) is 3.52. The minimum absolute atomic E-state index is 0.0658. The molecule has 0 unspecified atom stereocenters. The zero-order chi connectivity index (χ0) is 14.6. The number of benzene rings is 2. The Morgan fingerprint density at radius 3 is 2.50 bits per heavy atom. The lowest BCUT2D eigenvalue weighted by molar-refractivity contribution is -0.136. The van der Waals surface area contributed by atoms with Gasteiger partial charge in [-0.15, -0.1) is 0 Å². The largest absolute Gasteiger partial charge is 0.418 e. The summed E-state index contributed by atoms with van der Waals surface area (Å²) in [7, 11) is 0. The van der Waals surface area contributed by atoms with E-state index in [-0.39, 0.29) is 5.69 Å². The molecule has 1 N–H and O–H groups in total. The molecule has 0 saturated heterocycles. The Bertz CT molecular complexity index is 619. The van der Waals surface area contributed by atoms with Gasteiger partial charge in [0.1, 0.15) is 0 Å². The minimum atomic E-state index is -4.40. The fourth-order valence-corrected chi connectivity index (χ4v) is 1.75. The fourth-order valence-electron chi connectivity index (χ4n) is 1.75. The van der Waals surface area contributed by atoms with Crippen molar-refractivity contribution in [2.75, 3.05) is 5.43 Å². The molecule has 0 atom stereocenters. The van der Waals surface area contributed by atoms with Crippen molar-refractivity contribution in [2.45, 2.75) is 13.1 Å². The van der Waals surface area contributed by atoms with E-state index in [4.69, 9.17) is 0 Å². The second kappa shape index (κ2) is 5.77. The van der Waals surface area contributed by atoms with Gasteiger partial charge in [0, 0.05) is 0 Å². The maximum atomic E-state index is 12.8. The molecule has 0 aliphatic carbocycles. The molecule has 20 heavy (non-hydrogen) atoms. The monoisotopic (exact) mass is 278 g/mol. The van der Waals surface area contributed by atoms with Crippen LogP contribution in [0.15, 0.2) is 53.6 Å². The van der Waals surface area contributed by atoms with Gasteiger partial charge in [-0.25, -0.2) is 0 Å². The third-order valence-corrected chi connectivity index (χ3v) is 2.67. The summed E-state index contributed by atoms with van der Waals surface area (Å²) < 4.78 is 38.3. The topological polar surface area (TPSA) is 24.4 Å². The Labute approximate surface area is 114 Å². The molecule has 0 amide bonds. The van der Waals surface area contributed by atoms with Crippen LogP contribution in [0.2, 0.25) is 0 Å². The number of nitrogens with one attached hydrogen (secondary N) is 1. The van der Waals surface area contributed by atoms with Crippen molar-refractivity contribution < 1.29 is 13.2 Å². The summed E-state index contributed by atoms with van der Waals surface area (Å²) in [5, 5.41) is 3.85. The average Bonchev–Trinajstić information content (AvgIpc) is 2.38. The van der Waals surface area contributed by atoms with E-state index < -0.39 is 11.7 Å². The van der Waals surface area contributed by atoms with Gasteiger partial charge in [0.25, 0.3) is 0 Å². The Hall–Kier alpha value is -2.30. The van der Waals surface area contributed by atoms with Crippen molar-refractivity contribution in [3.8, 4) is 0 Å². The quantitative estimate of drug-likeness (QED) is 0.650. The average molecular weight is 278 g/mol. The third kappa shape index (κ3) is 3.60. The second-order valence-electron chi connectivity index (χ2n) is 4.33. The molecule has 2 aromatic carbocycles. The summed E-state index contributed by atoms with van der Waals surface area (Å²) in [4.78, 5) is 0. The predicted molar refractivity (Wildman–Crippen MR) is 73.8 cm³/mol. The first-order valence-corrected chi connectivity index (χ1v) is 5.99. The summed E-state index contributed by atoms with van der Waals surface area (Å²) in [5.74, 6) is 0. The summed E-state index contributed by atoms with van der Waals surface area (Å²) in [6, 6.07) is 12.7. The fraction of sp³-hybridized carbons (Fsp3) is 0.133. The number of rotatable bonds is 3. The van der Waals surface area contributed by atoms with Crippen molar-refractivity contribution >= 4 is 11.9 Å². The maximum absolute atomic E-state index is 12.8. The highest BCUT2D eigenvalue weighted by Crippen LogP contribution is 2.34. The van der Waals surface area contributed by atoms with Crippen LogP contribution in [0.3, 0.4) is 0 Å². The molecule has 0 spiro atoms. The number of para-hydroxylation sites is 1. The number of hydrogen-bond donors (Lipinski definition) is 1. The first-order chi connectivity index (χ1) is 9.47. The van der Waals surface area contributed by atoms with Gasteiger partial charge in [0.15, 0.2) is 0 Å². The van der Waals surface area contributed by atoms with Crippen LogP contribution in [0.5, 0.6) is 0 Å². The van der Waals surface area contributed by atoms with Crippen LogP contribution in [0.4, 0.5) is 18.9 Å². The van der Waals surface area contributed by atoms with Crippen LogP contribution in [0, 0.1) is 6.92 Å². The number of anilines is 1. The van der Waals surface area contributed by atoms with E-state index in [1.165, 1.54) is 24.4 Å². The Balaban J connectivity index is 2.16. The number of alkyl halides is 3. The molecule has 2 rings (SSSR count). The van der Waals surface area contributed by atoms with Crippen molar-refractivity contribution in [3.05, 3.63) is 65.2 Å². The van der Waals surface area contributed by atoms with E-state index in [0.717, 1.165) is 17.2 Å². The number of hydrogen-bond acceptors (Lipinski definition) is 2. The van der Waals surface area contributed by atoms with E-state index in [1.807, 2.05) is 31.2 Å². The van der Waals surface area contributed by atoms with Gasteiger partial charge < -0.3 is 0 Å². The Morgan fingerprint density at radius 1 is 1.05 bits per heavy atom. The molecule has 0 aromatic heterocycles. The van der Waals surface area contributed by atoms with Crippen molar-refractivity contribution in [3.63, 3.8) is 0 Å². The van der Waals surface area contributed by atoms with Gasteiger partial charge in [-0.05, 0) is 24.6 Å². The molecular weight excluding hydrogens is 265 g/mol. The normalized spacial score (nSPS) is 11.8. The van der Waals surface area contributed by atoms with Crippen LogP contribution in [0.1, 0.15) is 16.7 Å². The van der Waals surface area contributed by atoms with E-state index in [1.54, 1.807) is 0 Å². The lowest BCUT2D eigenvalue weighted by Crippen LogP contribution is -2.08. The molecule has 0 bridgehead atoms. The molecule has 2 nitrogen and oxygen atoms in total. The highest BCUT2D eigenvalue weighted by atomic mass is 19.4. The standard InChI is InChI=1S/C15H13F3N2/c1-11-5-4-6-12(9-11)10-19-20-14-8-3-2-7-13(14)15(16,17)18/h2-10,20H,1H3/b19-10+. The van der Waals surface area contributed by atoms with Gasteiger partial charge >= 0.3 is 6.18 Å². The van der Waals surface area contributed by atoms with Crippen LogP contribution in [-0.2, 0) is 6.18 Å². The Morgan fingerprint density at radius 2 is 1.80 bits per heavy atom. The number of halogens is 3. The maximum Gasteiger partial charge on any atom is 0.418 e. The van der Waals surface area contributed by atoms with Crippen LogP contribution >= 0.6 is 0 Å². The molecule has 0 radical (unpaired) electrons. The zero-order valence-electron chi connectivity index (χ0n) is 10.8. The first-order valence-electron chi connectivity index (χ1n) is 5.99. The number of nitrogens with zero attached hydrogens (tertiary/aromatic N) is 1. The van der Waals surface area contributed by atoms with Gasteiger partial charge in [0.05, 0.1) is 17.5 Å². The summed E-state index contributed by atoms with van der Waals surface area (Å²) in [6.07, 6.45) is -2.91.